The van der Waals surface area contributed by atoms with Crippen LogP contribution in [0.4, 0.5) is 5.69 Å². The number of aromatic nitrogens is 2. The number of furan rings is 1. The van der Waals surface area contributed by atoms with Crippen molar-refractivity contribution in [1.29, 1.82) is 0 Å². The number of hydrogen-bond acceptors (Lipinski definition) is 6. The summed E-state index contributed by atoms with van der Waals surface area (Å²) in [6.07, 6.45) is 1.70. The minimum absolute atomic E-state index is 0.0831. The van der Waals surface area contributed by atoms with Crippen LogP contribution in [-0.2, 0) is 0 Å². The van der Waals surface area contributed by atoms with E-state index in [-0.39, 0.29) is 16.2 Å². The third-order valence-electron chi connectivity index (χ3n) is 5.05. The third kappa shape index (κ3) is 2.81. The Bertz CT molecular complexity index is 1580. The van der Waals surface area contributed by atoms with Crippen LogP contribution in [0.5, 0.6) is 0 Å². The Morgan fingerprint density at radius 2 is 1.93 bits per heavy atom. The molecule has 5 rings (SSSR count). The van der Waals surface area contributed by atoms with Gasteiger partial charge in [0.1, 0.15) is 16.1 Å². The Kier molecular flexibility index (Phi) is 4.04. The van der Waals surface area contributed by atoms with Crippen LogP contribution < -0.4 is 10.1 Å². The first kappa shape index (κ1) is 18.3. The van der Waals surface area contributed by atoms with Gasteiger partial charge < -0.3 is 4.42 Å². The van der Waals surface area contributed by atoms with Crippen LogP contribution in [0, 0.1) is 24.0 Å². The highest BCUT2D eigenvalue weighted by molar-refractivity contribution is 7.15. The van der Waals surface area contributed by atoms with Gasteiger partial charge >= 0.3 is 0 Å². The zero-order chi connectivity index (χ0) is 21.0. The van der Waals surface area contributed by atoms with Gasteiger partial charge in [-0.05, 0) is 49.7 Å². The SMILES string of the molecule is Cc1cc([N+](=O)[O-])c(C)cc1-c1ccc(C=c2sc3nc4ccccc4n3c2=O)o1. The van der Waals surface area contributed by atoms with E-state index >= 15 is 0 Å². The van der Waals surface area contributed by atoms with E-state index in [0.717, 1.165) is 22.2 Å². The predicted molar refractivity (Wildman–Crippen MR) is 116 cm³/mol. The van der Waals surface area contributed by atoms with Crippen LogP contribution in [0.2, 0.25) is 0 Å². The molecule has 3 heterocycles. The molecule has 148 valence electrons. The van der Waals surface area contributed by atoms with Crippen molar-refractivity contribution >= 4 is 39.1 Å². The second kappa shape index (κ2) is 6.64. The highest BCUT2D eigenvalue weighted by atomic mass is 32.1. The molecule has 0 aliphatic rings. The van der Waals surface area contributed by atoms with Crippen LogP contribution in [0.3, 0.4) is 0 Å². The first-order valence-corrected chi connectivity index (χ1v) is 10.0. The number of fused-ring (bicyclic) bond motifs is 3. The first-order valence-electron chi connectivity index (χ1n) is 9.20. The lowest BCUT2D eigenvalue weighted by Gasteiger charge is -2.05. The van der Waals surface area contributed by atoms with E-state index in [2.05, 4.69) is 4.98 Å². The molecule has 0 aliphatic carbocycles. The van der Waals surface area contributed by atoms with Crippen molar-refractivity contribution in [3.8, 4) is 11.3 Å². The maximum atomic E-state index is 12.9. The Morgan fingerprint density at radius 3 is 2.73 bits per heavy atom. The van der Waals surface area contributed by atoms with E-state index < -0.39 is 0 Å². The first-order chi connectivity index (χ1) is 14.4. The quantitative estimate of drug-likeness (QED) is 0.323. The molecule has 3 aromatic heterocycles. The normalized spacial score (nSPS) is 12.3. The number of nitrogens with zero attached hydrogens (tertiary/aromatic N) is 3. The molecule has 0 amide bonds. The second-order valence-electron chi connectivity index (χ2n) is 7.05. The lowest BCUT2D eigenvalue weighted by Crippen LogP contribution is -2.22. The summed E-state index contributed by atoms with van der Waals surface area (Å²) < 4.78 is 8.08. The van der Waals surface area contributed by atoms with Crippen molar-refractivity contribution in [2.45, 2.75) is 13.8 Å². The molecular formula is C22H15N3O4S. The number of para-hydroxylation sites is 2. The summed E-state index contributed by atoms with van der Waals surface area (Å²) in [4.78, 5) is 28.8. The minimum atomic E-state index is -0.389. The van der Waals surface area contributed by atoms with Crippen LogP contribution >= 0.6 is 11.3 Å². The molecule has 0 atom stereocenters. The van der Waals surface area contributed by atoms with E-state index in [9.17, 15) is 14.9 Å². The Balaban J connectivity index is 1.59. The largest absolute Gasteiger partial charge is 0.457 e. The molecule has 0 saturated heterocycles. The number of thiazole rings is 1. The van der Waals surface area contributed by atoms with Crippen molar-refractivity contribution in [3.63, 3.8) is 0 Å². The van der Waals surface area contributed by atoms with Gasteiger partial charge in [-0.25, -0.2) is 9.38 Å². The number of nitro benzene ring substituents is 1. The summed E-state index contributed by atoms with van der Waals surface area (Å²) >= 11 is 1.31. The Labute approximate surface area is 173 Å². The predicted octanol–water partition coefficient (Wildman–Crippen LogP) is 4.24. The van der Waals surface area contributed by atoms with Crippen molar-refractivity contribution in [2.24, 2.45) is 0 Å². The van der Waals surface area contributed by atoms with E-state index in [1.165, 1.54) is 11.3 Å². The fraction of sp³-hybridized carbons (Fsp3) is 0.0909. The van der Waals surface area contributed by atoms with Gasteiger partial charge in [0.2, 0.25) is 0 Å². The molecule has 0 bridgehead atoms. The monoisotopic (exact) mass is 417 g/mol. The van der Waals surface area contributed by atoms with Gasteiger partial charge in [0.25, 0.3) is 11.2 Å². The van der Waals surface area contributed by atoms with Crippen LogP contribution in [0.1, 0.15) is 16.9 Å². The molecule has 0 radical (unpaired) electrons. The van der Waals surface area contributed by atoms with E-state index in [1.807, 2.05) is 31.2 Å². The number of rotatable bonds is 3. The number of imidazole rings is 1. The van der Waals surface area contributed by atoms with Crippen LogP contribution in [0.25, 0.3) is 33.4 Å². The fourth-order valence-corrected chi connectivity index (χ4v) is 4.55. The Morgan fingerprint density at radius 1 is 1.13 bits per heavy atom. The average Bonchev–Trinajstić information content (AvgIpc) is 3.39. The fourth-order valence-electron chi connectivity index (χ4n) is 3.58. The second-order valence-corrected chi connectivity index (χ2v) is 8.06. The highest BCUT2D eigenvalue weighted by Crippen LogP contribution is 2.31. The molecule has 8 heteroatoms. The van der Waals surface area contributed by atoms with Gasteiger partial charge in [-0.3, -0.25) is 14.9 Å². The highest BCUT2D eigenvalue weighted by Gasteiger charge is 2.16. The third-order valence-corrected chi connectivity index (χ3v) is 6.02. The lowest BCUT2D eigenvalue weighted by atomic mass is 10.0. The maximum absolute atomic E-state index is 12.9. The summed E-state index contributed by atoms with van der Waals surface area (Å²) in [5.41, 5.74) is 3.62. The van der Waals surface area contributed by atoms with E-state index in [4.69, 9.17) is 4.42 Å². The lowest BCUT2D eigenvalue weighted by molar-refractivity contribution is -0.385. The minimum Gasteiger partial charge on any atom is -0.457 e. The maximum Gasteiger partial charge on any atom is 0.275 e. The summed E-state index contributed by atoms with van der Waals surface area (Å²) in [6.45, 7) is 3.51. The summed E-state index contributed by atoms with van der Waals surface area (Å²) in [5, 5.41) is 11.1. The Hall–Kier alpha value is -3.78. The molecule has 0 spiro atoms. The molecule has 0 aliphatic heterocycles. The van der Waals surface area contributed by atoms with Gasteiger partial charge in [0.05, 0.1) is 16.0 Å². The molecule has 0 fully saturated rings. The summed E-state index contributed by atoms with van der Waals surface area (Å²) in [7, 11) is 0. The van der Waals surface area contributed by atoms with Crippen molar-refractivity contribution < 1.29 is 9.34 Å². The number of aryl methyl sites for hydroxylation is 2. The number of hydrogen-bond donors (Lipinski definition) is 0. The molecule has 7 nitrogen and oxygen atoms in total. The van der Waals surface area contributed by atoms with Crippen molar-refractivity contribution in [3.05, 3.63) is 90.4 Å². The number of benzene rings is 2. The van der Waals surface area contributed by atoms with Crippen molar-refractivity contribution in [1.82, 2.24) is 9.38 Å². The molecule has 5 aromatic rings. The molecular weight excluding hydrogens is 402 g/mol. The standard InChI is InChI=1S/C22H15N3O4S/c1-12-10-18(25(27)28)13(2)9-15(12)19-8-7-14(29-19)11-20-21(26)24-17-6-4-3-5-16(17)23-22(24)30-20/h3-11H,1-2H3. The van der Waals surface area contributed by atoms with Gasteiger partial charge in [0.15, 0.2) is 4.96 Å². The zero-order valence-electron chi connectivity index (χ0n) is 16.1. The van der Waals surface area contributed by atoms with E-state index in [1.54, 1.807) is 41.7 Å². The van der Waals surface area contributed by atoms with Gasteiger partial charge in [0, 0.05) is 23.3 Å². The molecule has 30 heavy (non-hydrogen) atoms. The van der Waals surface area contributed by atoms with E-state index in [0.29, 0.717) is 26.6 Å². The van der Waals surface area contributed by atoms with Gasteiger partial charge in [-0.1, -0.05) is 23.5 Å². The summed E-state index contributed by atoms with van der Waals surface area (Å²) in [6, 6.07) is 14.4. The zero-order valence-corrected chi connectivity index (χ0v) is 16.9. The molecule has 0 N–H and O–H groups in total. The molecule has 0 saturated carbocycles. The topological polar surface area (TPSA) is 90.6 Å². The van der Waals surface area contributed by atoms with Gasteiger partial charge in [-0.15, -0.1) is 0 Å². The van der Waals surface area contributed by atoms with Crippen LogP contribution in [-0.4, -0.2) is 14.3 Å². The molecule has 2 aromatic carbocycles. The van der Waals surface area contributed by atoms with Crippen LogP contribution in [0.15, 0.2) is 57.7 Å². The van der Waals surface area contributed by atoms with Crippen molar-refractivity contribution in [2.75, 3.05) is 0 Å². The summed E-state index contributed by atoms with van der Waals surface area (Å²) in [5.74, 6) is 1.13. The average molecular weight is 417 g/mol. The molecule has 0 unspecified atom stereocenters. The van der Waals surface area contributed by atoms with Gasteiger partial charge in [-0.2, -0.15) is 0 Å². The number of nitro groups is 1. The smallest absolute Gasteiger partial charge is 0.275 e.